The molecular weight excluding hydrogens is 390 g/mol. The van der Waals surface area contributed by atoms with Crippen molar-refractivity contribution in [3.05, 3.63) is 29.8 Å². The molecule has 1 aromatic carbocycles. The van der Waals surface area contributed by atoms with Crippen LogP contribution in [0, 0.1) is 0 Å². The van der Waals surface area contributed by atoms with Gasteiger partial charge < -0.3 is 33.7 Å². The second-order valence-corrected chi connectivity index (χ2v) is 8.84. The number of hydrogen-bond donors (Lipinski definition) is 1. The van der Waals surface area contributed by atoms with E-state index >= 15 is 0 Å². The quantitative estimate of drug-likeness (QED) is 0.753. The van der Waals surface area contributed by atoms with E-state index in [1.54, 1.807) is 7.11 Å². The molecule has 1 amide bonds. The van der Waals surface area contributed by atoms with E-state index in [2.05, 4.69) is 5.32 Å². The zero-order valence-corrected chi connectivity index (χ0v) is 18.2. The van der Waals surface area contributed by atoms with Gasteiger partial charge in [0.2, 0.25) is 5.91 Å². The molecule has 3 aliphatic heterocycles. The Hall–Kier alpha value is -1.71. The van der Waals surface area contributed by atoms with Crippen LogP contribution in [0.1, 0.15) is 39.7 Å². The Kier molecular flexibility index (Phi) is 5.80. The lowest BCUT2D eigenvalue weighted by Crippen LogP contribution is -2.52. The zero-order valence-electron chi connectivity index (χ0n) is 18.2. The third-order valence-corrected chi connectivity index (χ3v) is 5.63. The summed E-state index contributed by atoms with van der Waals surface area (Å²) >= 11 is 0. The van der Waals surface area contributed by atoms with Crippen LogP contribution in [0.3, 0.4) is 0 Å². The molecule has 8 nitrogen and oxygen atoms in total. The fourth-order valence-electron chi connectivity index (χ4n) is 4.31. The molecule has 30 heavy (non-hydrogen) atoms. The van der Waals surface area contributed by atoms with Gasteiger partial charge in [0.15, 0.2) is 17.9 Å². The van der Waals surface area contributed by atoms with Gasteiger partial charge in [0, 0.05) is 6.42 Å². The van der Waals surface area contributed by atoms with Gasteiger partial charge in [0.25, 0.3) is 0 Å². The number of hydrogen-bond acceptors (Lipinski definition) is 7. The SMILES string of the molecule is COc1ccccc1CCC(=O)N[C@@H]1[C@H]2OC(C)(C)O[C@H]2O[C@@H]1[C@H]1COC(C)(C)O1. The van der Waals surface area contributed by atoms with Crippen LogP contribution in [0.4, 0.5) is 0 Å². The van der Waals surface area contributed by atoms with Gasteiger partial charge in [-0.3, -0.25) is 4.79 Å². The van der Waals surface area contributed by atoms with Crippen molar-refractivity contribution in [3.63, 3.8) is 0 Å². The van der Waals surface area contributed by atoms with Gasteiger partial charge in [0.1, 0.15) is 24.1 Å². The van der Waals surface area contributed by atoms with Crippen molar-refractivity contribution >= 4 is 5.91 Å². The van der Waals surface area contributed by atoms with Crippen LogP contribution in [-0.4, -0.2) is 61.8 Å². The molecule has 0 unspecified atom stereocenters. The van der Waals surface area contributed by atoms with Gasteiger partial charge in [-0.15, -0.1) is 0 Å². The minimum Gasteiger partial charge on any atom is -0.496 e. The first-order valence-corrected chi connectivity index (χ1v) is 10.4. The lowest BCUT2D eigenvalue weighted by Gasteiger charge is -2.29. The number of rotatable bonds is 6. The predicted molar refractivity (Wildman–Crippen MR) is 107 cm³/mol. The van der Waals surface area contributed by atoms with E-state index < -0.39 is 36.1 Å². The van der Waals surface area contributed by atoms with E-state index in [0.29, 0.717) is 19.4 Å². The summed E-state index contributed by atoms with van der Waals surface area (Å²) in [5, 5.41) is 3.10. The van der Waals surface area contributed by atoms with Crippen LogP contribution in [-0.2, 0) is 34.9 Å². The average Bonchev–Trinajstić information content (AvgIpc) is 3.30. The van der Waals surface area contributed by atoms with E-state index in [1.165, 1.54) is 0 Å². The highest BCUT2D eigenvalue weighted by Gasteiger charge is 2.58. The van der Waals surface area contributed by atoms with Crippen molar-refractivity contribution in [2.24, 2.45) is 0 Å². The van der Waals surface area contributed by atoms with Gasteiger partial charge in [-0.2, -0.15) is 0 Å². The zero-order chi connectivity index (χ0) is 21.5. The highest BCUT2D eigenvalue weighted by atomic mass is 16.8. The number of methoxy groups -OCH3 is 1. The van der Waals surface area contributed by atoms with E-state index in [1.807, 2.05) is 52.0 Å². The molecule has 0 saturated carbocycles. The number of nitrogens with one attached hydrogen (secondary N) is 1. The smallest absolute Gasteiger partial charge is 0.220 e. The largest absolute Gasteiger partial charge is 0.496 e. The van der Waals surface area contributed by atoms with Gasteiger partial charge in [-0.05, 0) is 45.7 Å². The number of amides is 1. The number of carbonyl (C=O) groups is 1. The van der Waals surface area contributed by atoms with Gasteiger partial charge in [-0.25, -0.2) is 0 Å². The number of para-hydroxylation sites is 1. The second kappa shape index (κ2) is 8.09. The van der Waals surface area contributed by atoms with Gasteiger partial charge in [0.05, 0.1) is 19.8 Å². The molecule has 3 heterocycles. The van der Waals surface area contributed by atoms with Crippen molar-refractivity contribution in [3.8, 4) is 5.75 Å². The van der Waals surface area contributed by atoms with E-state index in [-0.39, 0.29) is 12.0 Å². The molecule has 0 radical (unpaired) electrons. The van der Waals surface area contributed by atoms with E-state index in [9.17, 15) is 4.79 Å². The lowest BCUT2D eigenvalue weighted by molar-refractivity contribution is -0.223. The van der Waals surface area contributed by atoms with Crippen molar-refractivity contribution < 1.29 is 33.2 Å². The monoisotopic (exact) mass is 421 g/mol. The summed E-state index contributed by atoms with van der Waals surface area (Å²) in [5.41, 5.74) is 0.989. The summed E-state index contributed by atoms with van der Waals surface area (Å²) in [6, 6.07) is 7.30. The summed E-state index contributed by atoms with van der Waals surface area (Å²) in [4.78, 5) is 12.8. The average molecular weight is 421 g/mol. The Morgan fingerprint density at radius 3 is 2.57 bits per heavy atom. The normalized spacial score (nSPS) is 34.0. The Morgan fingerprint density at radius 1 is 1.10 bits per heavy atom. The molecule has 5 atom stereocenters. The predicted octanol–water partition coefficient (Wildman–Crippen LogP) is 2.14. The maximum absolute atomic E-state index is 12.8. The van der Waals surface area contributed by atoms with Crippen molar-refractivity contribution in [1.82, 2.24) is 5.32 Å². The number of benzene rings is 1. The third kappa shape index (κ3) is 4.48. The molecule has 3 saturated heterocycles. The summed E-state index contributed by atoms with van der Waals surface area (Å²) in [6.07, 6.45) is -0.822. The molecule has 0 spiro atoms. The maximum atomic E-state index is 12.8. The molecule has 3 fully saturated rings. The van der Waals surface area contributed by atoms with Crippen molar-refractivity contribution in [2.75, 3.05) is 13.7 Å². The molecular formula is C22H31NO7. The first-order valence-electron chi connectivity index (χ1n) is 10.4. The van der Waals surface area contributed by atoms with Crippen molar-refractivity contribution in [2.45, 2.75) is 82.8 Å². The van der Waals surface area contributed by atoms with Crippen LogP contribution in [0.2, 0.25) is 0 Å². The Bertz CT molecular complexity index is 781. The molecule has 1 aromatic rings. The van der Waals surface area contributed by atoms with Crippen LogP contribution in [0.5, 0.6) is 5.75 Å². The molecule has 4 rings (SSSR count). The first-order chi connectivity index (χ1) is 14.2. The highest BCUT2D eigenvalue weighted by molar-refractivity contribution is 5.76. The fourth-order valence-corrected chi connectivity index (χ4v) is 4.31. The molecule has 1 N–H and O–H groups in total. The van der Waals surface area contributed by atoms with Gasteiger partial charge in [-0.1, -0.05) is 18.2 Å². The number of aryl methyl sites for hydroxylation is 1. The van der Waals surface area contributed by atoms with Crippen LogP contribution >= 0.6 is 0 Å². The molecule has 8 heteroatoms. The summed E-state index contributed by atoms with van der Waals surface area (Å²) in [7, 11) is 1.63. The fraction of sp³-hybridized carbons (Fsp3) is 0.682. The highest BCUT2D eigenvalue weighted by Crippen LogP contribution is 2.40. The molecule has 166 valence electrons. The Balaban J connectivity index is 1.44. The topological polar surface area (TPSA) is 84.5 Å². The first kappa shape index (κ1) is 21.5. The number of fused-ring (bicyclic) bond motifs is 1. The molecule has 0 aromatic heterocycles. The van der Waals surface area contributed by atoms with E-state index in [4.69, 9.17) is 28.4 Å². The second-order valence-electron chi connectivity index (χ2n) is 8.84. The lowest BCUT2D eigenvalue weighted by atomic mass is 10.0. The van der Waals surface area contributed by atoms with Gasteiger partial charge >= 0.3 is 0 Å². The Morgan fingerprint density at radius 2 is 1.87 bits per heavy atom. The van der Waals surface area contributed by atoms with Crippen LogP contribution in [0.25, 0.3) is 0 Å². The summed E-state index contributed by atoms with van der Waals surface area (Å²) in [5.74, 6) is -0.773. The number of ether oxygens (including phenoxy) is 6. The minimum absolute atomic E-state index is 0.0911. The van der Waals surface area contributed by atoms with E-state index in [0.717, 1.165) is 11.3 Å². The minimum atomic E-state index is -0.771. The molecule has 3 aliphatic rings. The molecule has 0 bridgehead atoms. The number of carbonyl (C=O) groups excluding carboxylic acids is 1. The molecule has 0 aliphatic carbocycles. The summed E-state index contributed by atoms with van der Waals surface area (Å²) in [6.45, 7) is 7.78. The maximum Gasteiger partial charge on any atom is 0.220 e. The summed E-state index contributed by atoms with van der Waals surface area (Å²) < 4.78 is 35.1. The Labute approximate surface area is 177 Å². The van der Waals surface area contributed by atoms with Crippen molar-refractivity contribution in [1.29, 1.82) is 0 Å². The third-order valence-electron chi connectivity index (χ3n) is 5.63. The standard InChI is InChI=1S/C22H31NO7/c1-21(2)26-12-15(28-21)18-17(19-20(27-18)30-22(3,4)29-19)23-16(24)11-10-13-8-6-7-9-14(13)25-5/h6-9,15,17-20H,10-12H2,1-5H3,(H,23,24)/t15-,17+,18-,19-,20-/m1/s1. The van der Waals surface area contributed by atoms with Crippen LogP contribution in [0.15, 0.2) is 24.3 Å². The van der Waals surface area contributed by atoms with Crippen LogP contribution < -0.4 is 10.1 Å².